The highest BCUT2D eigenvalue weighted by Gasteiger charge is 2.40. The summed E-state index contributed by atoms with van der Waals surface area (Å²) in [5, 5.41) is 2.24. The molecule has 0 bridgehead atoms. The number of aryl methyl sites for hydroxylation is 1. The molecule has 0 atom stereocenters. The van der Waals surface area contributed by atoms with Gasteiger partial charge in [0.15, 0.2) is 0 Å². The molecular weight excluding hydrogens is 224 g/mol. The van der Waals surface area contributed by atoms with Crippen LogP contribution >= 0.6 is 0 Å². The third-order valence-corrected chi connectivity index (χ3v) is 1.95. The van der Waals surface area contributed by atoms with E-state index < -0.39 is 18.9 Å². The topological polar surface area (TPSA) is 38.0 Å². The second-order valence-electron chi connectivity index (χ2n) is 3.55. The Hall–Kier alpha value is -1.46. The fourth-order valence-corrected chi connectivity index (χ4v) is 1.21. The summed E-state index contributed by atoms with van der Waals surface area (Å²) in [6.45, 7) is 0.611. The number of hydrogen-bond donors (Lipinski definition) is 2. The fourth-order valence-electron chi connectivity index (χ4n) is 1.21. The molecule has 0 aliphatic heterocycles. The van der Waals surface area contributed by atoms with E-state index in [2.05, 4.69) is 5.32 Å². The van der Waals surface area contributed by atoms with Crippen molar-refractivity contribution in [1.82, 2.24) is 0 Å². The van der Waals surface area contributed by atoms with Gasteiger partial charge in [0.25, 0.3) is 0 Å². The first kappa shape index (κ1) is 12.6. The van der Waals surface area contributed by atoms with Crippen molar-refractivity contribution in [3.8, 4) is 0 Å². The lowest BCUT2D eigenvalue weighted by molar-refractivity contribution is -0.117. The predicted molar refractivity (Wildman–Crippen MR) is 55.0 cm³/mol. The van der Waals surface area contributed by atoms with Crippen LogP contribution in [0.1, 0.15) is 5.56 Å². The van der Waals surface area contributed by atoms with Crippen LogP contribution in [0.5, 0.6) is 0 Å². The summed E-state index contributed by atoms with van der Waals surface area (Å²) in [6, 6.07) is 4.61. The molecule has 1 aromatic carbocycles. The molecule has 0 aromatic heterocycles. The molecule has 0 fully saturated rings. The minimum absolute atomic E-state index is 0.304. The van der Waals surface area contributed by atoms with Gasteiger partial charge >= 0.3 is 12.3 Å². The second-order valence-corrected chi connectivity index (χ2v) is 3.55. The van der Waals surface area contributed by atoms with Crippen LogP contribution in [0.25, 0.3) is 0 Å². The molecule has 2 nitrogen and oxygen atoms in total. The number of nitrogen functional groups attached to an aromatic ring is 1. The van der Waals surface area contributed by atoms with E-state index >= 15 is 0 Å². The van der Waals surface area contributed by atoms with E-state index in [0.717, 1.165) is 5.56 Å². The molecule has 0 heterocycles. The molecule has 3 N–H and O–H groups in total. The van der Waals surface area contributed by atoms with Crippen LogP contribution in [0.2, 0.25) is 0 Å². The van der Waals surface area contributed by atoms with Crippen LogP contribution in [0.3, 0.4) is 0 Å². The molecule has 90 valence electrons. The smallest absolute Gasteiger partial charge is 0.324 e. The molecule has 0 saturated heterocycles. The summed E-state index contributed by atoms with van der Waals surface area (Å²) in [4.78, 5) is 0. The normalized spacial score (nSPS) is 11.9. The predicted octanol–water partition coefficient (Wildman–Crippen LogP) is 2.89. The Morgan fingerprint density at radius 3 is 2.44 bits per heavy atom. The summed E-state index contributed by atoms with van der Waals surface area (Å²) in [5.74, 6) is -4.04. The maximum absolute atomic E-state index is 12.6. The zero-order valence-electron chi connectivity index (χ0n) is 8.61. The summed E-state index contributed by atoms with van der Waals surface area (Å²) in [7, 11) is 0. The van der Waals surface area contributed by atoms with Crippen molar-refractivity contribution >= 4 is 11.4 Å². The van der Waals surface area contributed by atoms with Crippen molar-refractivity contribution in [3.05, 3.63) is 23.8 Å². The molecule has 0 unspecified atom stereocenters. The highest BCUT2D eigenvalue weighted by atomic mass is 19.3. The molecule has 0 aliphatic carbocycles. The van der Waals surface area contributed by atoms with Gasteiger partial charge in [0.05, 0.1) is 6.54 Å². The number of anilines is 2. The number of alkyl halides is 4. The Balaban J connectivity index is 2.68. The van der Waals surface area contributed by atoms with Gasteiger partial charge in [-0.2, -0.15) is 8.78 Å². The van der Waals surface area contributed by atoms with Crippen LogP contribution in [0.15, 0.2) is 18.2 Å². The van der Waals surface area contributed by atoms with Gasteiger partial charge in [-0.05, 0) is 30.7 Å². The third kappa shape index (κ3) is 3.29. The molecule has 1 aromatic rings. The first-order valence-corrected chi connectivity index (χ1v) is 4.58. The Kier molecular flexibility index (Phi) is 3.62. The van der Waals surface area contributed by atoms with Crippen molar-refractivity contribution in [2.24, 2.45) is 0 Å². The second kappa shape index (κ2) is 4.59. The van der Waals surface area contributed by atoms with Crippen molar-refractivity contribution in [2.75, 3.05) is 17.6 Å². The van der Waals surface area contributed by atoms with Crippen LogP contribution < -0.4 is 11.1 Å². The molecule has 0 spiro atoms. The van der Waals surface area contributed by atoms with Crippen molar-refractivity contribution in [3.63, 3.8) is 0 Å². The van der Waals surface area contributed by atoms with Crippen LogP contribution in [-0.4, -0.2) is 18.9 Å². The summed E-state index contributed by atoms with van der Waals surface area (Å²) in [5.41, 5.74) is 6.94. The maximum atomic E-state index is 12.6. The van der Waals surface area contributed by atoms with E-state index in [1.807, 2.05) is 0 Å². The highest BCUT2D eigenvalue weighted by Crippen LogP contribution is 2.24. The van der Waals surface area contributed by atoms with Gasteiger partial charge in [0.2, 0.25) is 0 Å². The van der Waals surface area contributed by atoms with E-state index in [1.54, 1.807) is 19.1 Å². The van der Waals surface area contributed by atoms with Gasteiger partial charge in [-0.1, -0.05) is 0 Å². The summed E-state index contributed by atoms with van der Waals surface area (Å²) in [6.07, 6.45) is -3.68. The minimum atomic E-state index is -4.04. The average Bonchev–Trinajstić information content (AvgIpc) is 2.13. The zero-order chi connectivity index (χ0) is 12.3. The van der Waals surface area contributed by atoms with Gasteiger partial charge < -0.3 is 11.1 Å². The monoisotopic (exact) mass is 236 g/mol. The van der Waals surface area contributed by atoms with E-state index in [-0.39, 0.29) is 0 Å². The maximum Gasteiger partial charge on any atom is 0.324 e. The van der Waals surface area contributed by atoms with Gasteiger partial charge in [-0.3, -0.25) is 0 Å². The van der Waals surface area contributed by atoms with E-state index in [1.165, 1.54) is 6.07 Å². The Labute approximate surface area is 90.4 Å². The highest BCUT2D eigenvalue weighted by molar-refractivity contribution is 5.56. The quantitative estimate of drug-likeness (QED) is 0.623. The number of rotatable bonds is 4. The number of hydrogen-bond acceptors (Lipinski definition) is 2. The standard InChI is InChI=1S/C10H12F4N2/c1-6-2-7(15)4-8(3-6)16-5-10(13,14)9(11)12/h2-4,9,16H,5,15H2,1H3. The van der Waals surface area contributed by atoms with Crippen molar-refractivity contribution in [1.29, 1.82) is 0 Å². The van der Waals surface area contributed by atoms with Crippen LogP contribution in [-0.2, 0) is 0 Å². The van der Waals surface area contributed by atoms with Crippen LogP contribution in [0.4, 0.5) is 28.9 Å². The third-order valence-electron chi connectivity index (χ3n) is 1.95. The number of halogens is 4. The van der Waals surface area contributed by atoms with Gasteiger partial charge in [0.1, 0.15) is 0 Å². The first-order chi connectivity index (χ1) is 7.31. The number of nitrogens with one attached hydrogen (secondary N) is 1. The van der Waals surface area contributed by atoms with Crippen LogP contribution in [0, 0.1) is 6.92 Å². The molecule has 0 saturated carbocycles. The SMILES string of the molecule is Cc1cc(N)cc(NCC(F)(F)C(F)F)c1. The zero-order valence-corrected chi connectivity index (χ0v) is 8.61. The van der Waals surface area contributed by atoms with E-state index in [4.69, 9.17) is 5.73 Å². The molecule has 0 amide bonds. The molecule has 6 heteroatoms. The minimum Gasteiger partial charge on any atom is -0.399 e. The average molecular weight is 236 g/mol. The molecular formula is C10H12F4N2. The van der Waals surface area contributed by atoms with Gasteiger partial charge in [-0.25, -0.2) is 8.78 Å². The Bertz CT molecular complexity index is 346. The first-order valence-electron chi connectivity index (χ1n) is 4.58. The summed E-state index contributed by atoms with van der Waals surface area (Å²) < 4.78 is 48.9. The van der Waals surface area contributed by atoms with Crippen molar-refractivity contribution < 1.29 is 17.6 Å². The number of nitrogens with two attached hydrogens (primary N) is 1. The molecule has 0 radical (unpaired) electrons. The van der Waals surface area contributed by atoms with Crippen molar-refractivity contribution in [2.45, 2.75) is 19.3 Å². The molecule has 16 heavy (non-hydrogen) atoms. The molecule has 1 rings (SSSR count). The lowest BCUT2D eigenvalue weighted by atomic mass is 10.2. The summed E-state index contributed by atoms with van der Waals surface area (Å²) >= 11 is 0. The molecule has 0 aliphatic rings. The lowest BCUT2D eigenvalue weighted by Crippen LogP contribution is -2.34. The fraction of sp³-hybridized carbons (Fsp3) is 0.400. The lowest BCUT2D eigenvalue weighted by Gasteiger charge is -2.17. The number of benzene rings is 1. The van der Waals surface area contributed by atoms with E-state index in [9.17, 15) is 17.6 Å². The van der Waals surface area contributed by atoms with Gasteiger partial charge in [0, 0.05) is 11.4 Å². The largest absolute Gasteiger partial charge is 0.399 e. The Morgan fingerprint density at radius 1 is 1.31 bits per heavy atom. The van der Waals surface area contributed by atoms with E-state index in [0.29, 0.717) is 11.4 Å². The Morgan fingerprint density at radius 2 is 1.94 bits per heavy atom. The van der Waals surface area contributed by atoms with Gasteiger partial charge in [-0.15, -0.1) is 0 Å².